The fourth-order valence-electron chi connectivity index (χ4n) is 5.14. The maximum absolute atomic E-state index is 13.6. The SMILES string of the molecule is C[C@@H](O[C@H]1CN2C(=O)C(C)(N)CC[C@H]2[C@@H]1c1ccc(F)cc1)c1cc(C(F)(F)F)cc(C(F)(F)F)c1. The van der Waals surface area contributed by atoms with Gasteiger partial charge in [-0.2, -0.15) is 26.3 Å². The van der Waals surface area contributed by atoms with Crippen LogP contribution in [0.2, 0.25) is 0 Å². The highest BCUT2D eigenvalue weighted by Gasteiger charge is 2.52. The topological polar surface area (TPSA) is 55.6 Å². The number of hydrogen-bond acceptors (Lipinski definition) is 3. The molecule has 2 aliphatic rings. The van der Waals surface area contributed by atoms with Gasteiger partial charge in [-0.05, 0) is 68.1 Å². The summed E-state index contributed by atoms with van der Waals surface area (Å²) in [4.78, 5) is 14.6. The maximum atomic E-state index is 13.6. The van der Waals surface area contributed by atoms with Crippen LogP contribution in [-0.4, -0.2) is 35.0 Å². The van der Waals surface area contributed by atoms with Crippen molar-refractivity contribution >= 4 is 5.91 Å². The van der Waals surface area contributed by atoms with Crippen LogP contribution in [0.5, 0.6) is 0 Å². The molecule has 0 spiro atoms. The van der Waals surface area contributed by atoms with Crippen molar-refractivity contribution in [3.8, 4) is 0 Å². The third-order valence-electron chi connectivity index (χ3n) is 7.01. The molecular weight excluding hydrogens is 493 g/mol. The summed E-state index contributed by atoms with van der Waals surface area (Å²) >= 11 is 0. The van der Waals surface area contributed by atoms with Gasteiger partial charge in [0.1, 0.15) is 5.82 Å². The molecule has 11 heteroatoms. The van der Waals surface area contributed by atoms with E-state index in [0.29, 0.717) is 30.5 Å². The van der Waals surface area contributed by atoms with Crippen molar-refractivity contribution in [1.82, 2.24) is 4.90 Å². The molecule has 0 bridgehead atoms. The van der Waals surface area contributed by atoms with E-state index in [4.69, 9.17) is 10.5 Å². The lowest BCUT2D eigenvalue weighted by Crippen LogP contribution is -2.59. The number of alkyl halides is 6. The van der Waals surface area contributed by atoms with Crippen molar-refractivity contribution in [2.24, 2.45) is 5.73 Å². The average Bonchev–Trinajstić information content (AvgIpc) is 3.14. The van der Waals surface area contributed by atoms with Crippen LogP contribution in [0.3, 0.4) is 0 Å². The molecule has 0 aromatic heterocycles. The number of nitrogens with two attached hydrogens (primary N) is 1. The summed E-state index contributed by atoms with van der Waals surface area (Å²) in [6, 6.07) is 6.55. The first-order valence-corrected chi connectivity index (χ1v) is 11.4. The largest absolute Gasteiger partial charge is 0.416 e. The number of piperidine rings is 1. The number of rotatable bonds is 4. The van der Waals surface area contributed by atoms with Crippen LogP contribution < -0.4 is 5.73 Å². The Morgan fingerprint density at radius 1 is 1.03 bits per heavy atom. The Bertz CT molecular complexity index is 1100. The second-order valence-electron chi connectivity index (χ2n) is 9.71. The molecule has 0 aliphatic carbocycles. The van der Waals surface area contributed by atoms with E-state index in [1.54, 1.807) is 11.8 Å². The van der Waals surface area contributed by atoms with Gasteiger partial charge >= 0.3 is 12.4 Å². The van der Waals surface area contributed by atoms with Crippen LogP contribution in [0.25, 0.3) is 0 Å². The minimum atomic E-state index is -4.99. The number of hydrogen-bond donors (Lipinski definition) is 1. The summed E-state index contributed by atoms with van der Waals surface area (Å²) in [5.41, 5.74) is 2.52. The minimum Gasteiger partial charge on any atom is -0.368 e. The number of benzene rings is 2. The first kappa shape index (κ1) is 26.4. The van der Waals surface area contributed by atoms with Gasteiger partial charge in [-0.3, -0.25) is 4.79 Å². The summed E-state index contributed by atoms with van der Waals surface area (Å²) in [7, 11) is 0. The third-order valence-corrected chi connectivity index (χ3v) is 7.01. The highest BCUT2D eigenvalue weighted by Crippen LogP contribution is 2.44. The van der Waals surface area contributed by atoms with Gasteiger partial charge < -0.3 is 15.4 Å². The van der Waals surface area contributed by atoms with Crippen LogP contribution in [0.15, 0.2) is 42.5 Å². The van der Waals surface area contributed by atoms with Crippen LogP contribution in [0.1, 0.15) is 61.0 Å². The fourth-order valence-corrected chi connectivity index (χ4v) is 5.14. The Balaban J connectivity index is 1.69. The molecule has 196 valence electrons. The Hall–Kier alpha value is -2.66. The zero-order valence-corrected chi connectivity index (χ0v) is 19.5. The summed E-state index contributed by atoms with van der Waals surface area (Å²) in [6.45, 7) is 3.02. The van der Waals surface area contributed by atoms with E-state index < -0.39 is 53.0 Å². The normalized spacial score (nSPS) is 27.8. The van der Waals surface area contributed by atoms with Gasteiger partial charge in [0, 0.05) is 18.5 Å². The standard InChI is InChI=1S/C25H25F7N2O2/c1-13(15-9-16(24(27,28)29)11-17(10-15)25(30,31)32)36-20-12-34-19(7-8-23(2,33)22(34)35)21(20)14-3-5-18(26)6-4-14/h3-6,9-11,13,19-21H,7-8,12,33H2,1-2H3/t13-,19+,20+,21+,23?/m1/s1. The predicted octanol–water partition coefficient (Wildman–Crippen LogP) is 5.82. The second-order valence-corrected chi connectivity index (χ2v) is 9.71. The van der Waals surface area contributed by atoms with E-state index in [2.05, 4.69) is 0 Å². The van der Waals surface area contributed by atoms with Crippen molar-refractivity contribution in [1.29, 1.82) is 0 Å². The summed E-state index contributed by atoms with van der Waals surface area (Å²) in [5.74, 6) is -1.26. The summed E-state index contributed by atoms with van der Waals surface area (Å²) in [5, 5.41) is 0. The number of carbonyl (C=O) groups is 1. The predicted molar refractivity (Wildman–Crippen MR) is 116 cm³/mol. The molecule has 2 heterocycles. The highest BCUT2D eigenvalue weighted by atomic mass is 19.4. The number of ether oxygens (including phenoxy) is 1. The molecule has 2 aromatic rings. The molecule has 5 atom stereocenters. The first-order chi connectivity index (χ1) is 16.6. The van der Waals surface area contributed by atoms with E-state index in [-0.39, 0.29) is 30.1 Å². The van der Waals surface area contributed by atoms with Gasteiger partial charge in [-0.25, -0.2) is 4.39 Å². The minimum absolute atomic E-state index is 0.0494. The van der Waals surface area contributed by atoms with Gasteiger partial charge in [0.25, 0.3) is 0 Å². The number of carbonyl (C=O) groups excluding carboxylic acids is 1. The number of fused-ring (bicyclic) bond motifs is 1. The smallest absolute Gasteiger partial charge is 0.368 e. The molecule has 4 nitrogen and oxygen atoms in total. The molecule has 36 heavy (non-hydrogen) atoms. The van der Waals surface area contributed by atoms with Gasteiger partial charge in [0.05, 0.1) is 28.9 Å². The van der Waals surface area contributed by atoms with Crippen molar-refractivity contribution < 1.29 is 40.3 Å². The fraction of sp³-hybridized carbons (Fsp3) is 0.480. The molecule has 2 aliphatic heterocycles. The summed E-state index contributed by atoms with van der Waals surface area (Å²) < 4.78 is 99.7. The van der Waals surface area contributed by atoms with Crippen LogP contribution in [0.4, 0.5) is 30.7 Å². The molecule has 4 rings (SSSR count). The Labute approximate surface area is 203 Å². The van der Waals surface area contributed by atoms with Crippen molar-refractivity contribution in [3.63, 3.8) is 0 Å². The zero-order chi connectivity index (χ0) is 26.6. The summed E-state index contributed by atoms with van der Waals surface area (Å²) in [6.07, 6.45) is -11.0. The van der Waals surface area contributed by atoms with E-state index in [1.165, 1.54) is 31.2 Å². The van der Waals surface area contributed by atoms with E-state index in [0.717, 1.165) is 0 Å². The quantitative estimate of drug-likeness (QED) is 0.520. The number of amides is 1. The molecule has 1 amide bonds. The lowest BCUT2D eigenvalue weighted by Gasteiger charge is -2.40. The van der Waals surface area contributed by atoms with E-state index >= 15 is 0 Å². The number of nitrogens with zero attached hydrogens (tertiary/aromatic N) is 1. The molecule has 2 fully saturated rings. The Kier molecular flexibility index (Phi) is 6.62. The van der Waals surface area contributed by atoms with E-state index in [1.807, 2.05) is 0 Å². The zero-order valence-electron chi connectivity index (χ0n) is 19.5. The molecular formula is C25H25F7N2O2. The molecule has 2 aromatic carbocycles. The van der Waals surface area contributed by atoms with Crippen LogP contribution >= 0.6 is 0 Å². The van der Waals surface area contributed by atoms with Gasteiger partial charge in [0.2, 0.25) is 5.91 Å². The van der Waals surface area contributed by atoms with Crippen molar-refractivity contribution in [2.45, 2.75) is 68.7 Å². The second kappa shape index (κ2) is 9.02. The van der Waals surface area contributed by atoms with Crippen molar-refractivity contribution in [3.05, 3.63) is 70.5 Å². The maximum Gasteiger partial charge on any atom is 0.416 e. The lowest BCUT2D eigenvalue weighted by molar-refractivity contribution is -0.144. The molecule has 0 radical (unpaired) electrons. The van der Waals surface area contributed by atoms with Crippen LogP contribution in [-0.2, 0) is 21.9 Å². The van der Waals surface area contributed by atoms with Crippen LogP contribution in [0, 0.1) is 5.82 Å². The monoisotopic (exact) mass is 518 g/mol. The van der Waals surface area contributed by atoms with Gasteiger partial charge in [0.15, 0.2) is 0 Å². The Morgan fingerprint density at radius 3 is 2.11 bits per heavy atom. The average molecular weight is 518 g/mol. The molecule has 1 unspecified atom stereocenters. The number of halogens is 7. The first-order valence-electron chi connectivity index (χ1n) is 11.4. The van der Waals surface area contributed by atoms with E-state index in [9.17, 15) is 35.5 Å². The van der Waals surface area contributed by atoms with Crippen molar-refractivity contribution in [2.75, 3.05) is 6.54 Å². The third kappa shape index (κ3) is 5.08. The lowest BCUT2D eigenvalue weighted by atomic mass is 9.81. The molecule has 2 saturated heterocycles. The molecule has 0 saturated carbocycles. The Morgan fingerprint density at radius 2 is 1.58 bits per heavy atom. The highest BCUT2D eigenvalue weighted by molar-refractivity contribution is 5.87. The van der Waals surface area contributed by atoms with Gasteiger partial charge in [-0.1, -0.05) is 12.1 Å². The van der Waals surface area contributed by atoms with Gasteiger partial charge in [-0.15, -0.1) is 0 Å². The molecule has 2 N–H and O–H groups in total.